The van der Waals surface area contributed by atoms with Gasteiger partial charge < -0.3 is 10.6 Å². The van der Waals surface area contributed by atoms with Gasteiger partial charge in [0.2, 0.25) is 5.91 Å². The third-order valence-corrected chi connectivity index (χ3v) is 3.80. The van der Waals surface area contributed by atoms with Crippen LogP contribution in [0.25, 0.3) is 0 Å². The molecule has 1 aromatic carbocycles. The third-order valence-electron chi connectivity index (χ3n) is 3.80. The standard InChI is InChI=1S/C15H21FN2O.ClH/c16-14-7-5-12(6-8-14)3-4-13-2-1-9-18(11-13)15(19)10-17;/h5-8,13H,1-4,9-11,17H2;1H. The molecular weight excluding hydrogens is 279 g/mol. The van der Waals surface area contributed by atoms with E-state index >= 15 is 0 Å². The SMILES string of the molecule is Cl.NCC(=O)N1CCCC(CCc2ccc(F)cc2)C1. The molecule has 1 atom stereocenters. The molecule has 2 N–H and O–H groups in total. The van der Waals surface area contributed by atoms with Crippen LogP contribution in [0.5, 0.6) is 0 Å². The highest BCUT2D eigenvalue weighted by Gasteiger charge is 2.22. The van der Waals surface area contributed by atoms with Gasteiger partial charge in [0.05, 0.1) is 6.54 Å². The van der Waals surface area contributed by atoms with Crippen molar-refractivity contribution in [2.75, 3.05) is 19.6 Å². The molecule has 5 heteroatoms. The molecule has 20 heavy (non-hydrogen) atoms. The van der Waals surface area contributed by atoms with E-state index in [2.05, 4.69) is 0 Å². The Labute approximate surface area is 125 Å². The largest absolute Gasteiger partial charge is 0.341 e. The van der Waals surface area contributed by atoms with E-state index in [0.717, 1.165) is 44.3 Å². The lowest BCUT2D eigenvalue weighted by Gasteiger charge is -2.32. The molecule has 0 spiro atoms. The predicted molar refractivity (Wildman–Crippen MR) is 80.3 cm³/mol. The van der Waals surface area contributed by atoms with Crippen LogP contribution in [0, 0.1) is 11.7 Å². The average molecular weight is 301 g/mol. The lowest BCUT2D eigenvalue weighted by molar-refractivity contribution is -0.131. The van der Waals surface area contributed by atoms with E-state index in [1.54, 1.807) is 0 Å². The summed E-state index contributed by atoms with van der Waals surface area (Å²) in [6.07, 6.45) is 4.20. The molecule has 0 radical (unpaired) electrons. The number of nitrogens with zero attached hydrogens (tertiary/aromatic N) is 1. The molecule has 2 rings (SSSR count). The minimum Gasteiger partial charge on any atom is -0.341 e. The molecule has 1 heterocycles. The zero-order valence-electron chi connectivity index (χ0n) is 11.6. The maximum atomic E-state index is 12.8. The van der Waals surface area contributed by atoms with E-state index in [1.165, 1.54) is 12.1 Å². The van der Waals surface area contributed by atoms with Crippen LogP contribution in [0.4, 0.5) is 4.39 Å². The van der Waals surface area contributed by atoms with Crippen molar-refractivity contribution in [3.63, 3.8) is 0 Å². The summed E-state index contributed by atoms with van der Waals surface area (Å²) in [7, 11) is 0. The minimum absolute atomic E-state index is 0. The van der Waals surface area contributed by atoms with Gasteiger partial charge in [-0.15, -0.1) is 12.4 Å². The van der Waals surface area contributed by atoms with Crippen LogP contribution in [0.15, 0.2) is 24.3 Å². The Hall–Kier alpha value is -1.13. The Morgan fingerprint density at radius 1 is 1.35 bits per heavy atom. The lowest BCUT2D eigenvalue weighted by Crippen LogP contribution is -2.42. The Morgan fingerprint density at radius 3 is 2.70 bits per heavy atom. The number of amides is 1. The summed E-state index contributed by atoms with van der Waals surface area (Å²) in [6.45, 7) is 1.75. The fourth-order valence-corrected chi connectivity index (χ4v) is 2.68. The maximum absolute atomic E-state index is 12.8. The first-order valence-electron chi connectivity index (χ1n) is 6.91. The number of benzene rings is 1. The monoisotopic (exact) mass is 300 g/mol. The average Bonchev–Trinajstić information content (AvgIpc) is 2.46. The lowest BCUT2D eigenvalue weighted by atomic mass is 9.91. The molecule has 0 aliphatic carbocycles. The van der Waals surface area contributed by atoms with E-state index in [4.69, 9.17) is 5.73 Å². The van der Waals surface area contributed by atoms with Gasteiger partial charge >= 0.3 is 0 Å². The van der Waals surface area contributed by atoms with Crippen molar-refractivity contribution < 1.29 is 9.18 Å². The van der Waals surface area contributed by atoms with Crippen molar-refractivity contribution in [3.8, 4) is 0 Å². The summed E-state index contributed by atoms with van der Waals surface area (Å²) in [5.74, 6) is 0.391. The highest BCUT2D eigenvalue weighted by molar-refractivity contribution is 5.85. The number of carbonyl (C=O) groups excluding carboxylic acids is 1. The summed E-state index contributed by atoms with van der Waals surface area (Å²) >= 11 is 0. The van der Waals surface area contributed by atoms with Crippen molar-refractivity contribution in [2.24, 2.45) is 11.7 Å². The van der Waals surface area contributed by atoms with Crippen LogP contribution in [0.2, 0.25) is 0 Å². The van der Waals surface area contributed by atoms with Gasteiger partial charge in [0.25, 0.3) is 0 Å². The Morgan fingerprint density at radius 2 is 2.05 bits per heavy atom. The molecule has 1 fully saturated rings. The molecule has 112 valence electrons. The van der Waals surface area contributed by atoms with Crippen LogP contribution < -0.4 is 5.73 Å². The van der Waals surface area contributed by atoms with Gasteiger partial charge in [-0.3, -0.25) is 4.79 Å². The predicted octanol–water partition coefficient (Wildman–Crippen LogP) is 2.38. The number of rotatable bonds is 4. The summed E-state index contributed by atoms with van der Waals surface area (Å²) in [5, 5.41) is 0. The zero-order chi connectivity index (χ0) is 13.7. The first kappa shape index (κ1) is 16.9. The number of piperidine rings is 1. The second-order valence-electron chi connectivity index (χ2n) is 5.22. The summed E-state index contributed by atoms with van der Waals surface area (Å²) < 4.78 is 12.8. The molecular formula is C15H22ClFN2O. The summed E-state index contributed by atoms with van der Waals surface area (Å²) in [5.41, 5.74) is 6.56. The third kappa shape index (κ3) is 4.76. The number of nitrogens with two attached hydrogens (primary N) is 1. The number of hydrogen-bond acceptors (Lipinski definition) is 2. The topological polar surface area (TPSA) is 46.3 Å². The molecule has 0 aromatic heterocycles. The highest BCUT2D eigenvalue weighted by Crippen LogP contribution is 2.21. The highest BCUT2D eigenvalue weighted by atomic mass is 35.5. The maximum Gasteiger partial charge on any atom is 0.236 e. The van der Waals surface area contributed by atoms with Gasteiger partial charge in [-0.25, -0.2) is 4.39 Å². The van der Waals surface area contributed by atoms with Gasteiger partial charge in [-0.1, -0.05) is 12.1 Å². The van der Waals surface area contributed by atoms with Gasteiger partial charge in [-0.05, 0) is 49.3 Å². The second kappa shape index (κ2) is 8.22. The van der Waals surface area contributed by atoms with E-state index in [-0.39, 0.29) is 30.7 Å². The molecule has 0 bridgehead atoms. The van der Waals surface area contributed by atoms with Crippen molar-refractivity contribution in [2.45, 2.75) is 25.7 Å². The molecule has 1 aliphatic rings. The first-order chi connectivity index (χ1) is 9.19. The van der Waals surface area contributed by atoms with Crippen LogP contribution in [0.3, 0.4) is 0 Å². The van der Waals surface area contributed by atoms with Crippen LogP contribution in [-0.4, -0.2) is 30.4 Å². The van der Waals surface area contributed by atoms with Gasteiger partial charge in [-0.2, -0.15) is 0 Å². The van der Waals surface area contributed by atoms with Crippen molar-refractivity contribution >= 4 is 18.3 Å². The molecule has 1 unspecified atom stereocenters. The van der Waals surface area contributed by atoms with Gasteiger partial charge in [0, 0.05) is 13.1 Å². The normalized spacial score (nSPS) is 18.5. The minimum atomic E-state index is -0.193. The smallest absolute Gasteiger partial charge is 0.236 e. The fraction of sp³-hybridized carbons (Fsp3) is 0.533. The van der Waals surface area contributed by atoms with E-state index in [9.17, 15) is 9.18 Å². The van der Waals surface area contributed by atoms with Crippen LogP contribution in [0.1, 0.15) is 24.8 Å². The molecule has 3 nitrogen and oxygen atoms in total. The van der Waals surface area contributed by atoms with Crippen LogP contribution in [-0.2, 0) is 11.2 Å². The van der Waals surface area contributed by atoms with Gasteiger partial charge in [0.15, 0.2) is 0 Å². The molecule has 1 aliphatic heterocycles. The molecule has 1 aromatic rings. The van der Waals surface area contributed by atoms with E-state index in [0.29, 0.717) is 5.92 Å². The van der Waals surface area contributed by atoms with Crippen molar-refractivity contribution in [1.82, 2.24) is 4.90 Å². The summed E-state index contributed by atoms with van der Waals surface area (Å²) in [6, 6.07) is 6.67. The Balaban J connectivity index is 0.00000200. The fourth-order valence-electron chi connectivity index (χ4n) is 2.68. The van der Waals surface area contributed by atoms with Crippen molar-refractivity contribution in [3.05, 3.63) is 35.6 Å². The Bertz CT molecular complexity index is 424. The molecule has 1 amide bonds. The molecule has 0 saturated carbocycles. The molecule has 1 saturated heterocycles. The Kier molecular flexibility index (Phi) is 6.96. The number of hydrogen-bond donors (Lipinski definition) is 1. The number of likely N-dealkylation sites (tertiary alicyclic amines) is 1. The number of carbonyl (C=O) groups is 1. The number of halogens is 2. The quantitative estimate of drug-likeness (QED) is 0.928. The summed E-state index contributed by atoms with van der Waals surface area (Å²) in [4.78, 5) is 13.5. The first-order valence-corrected chi connectivity index (χ1v) is 6.91. The number of aryl methyl sites for hydroxylation is 1. The second-order valence-corrected chi connectivity index (χ2v) is 5.22. The van der Waals surface area contributed by atoms with Gasteiger partial charge in [0.1, 0.15) is 5.82 Å². The van der Waals surface area contributed by atoms with E-state index < -0.39 is 0 Å². The van der Waals surface area contributed by atoms with E-state index in [1.807, 2.05) is 17.0 Å². The van der Waals surface area contributed by atoms with Crippen LogP contribution >= 0.6 is 12.4 Å². The van der Waals surface area contributed by atoms with Crippen molar-refractivity contribution in [1.29, 1.82) is 0 Å². The zero-order valence-corrected chi connectivity index (χ0v) is 12.4.